The van der Waals surface area contributed by atoms with Crippen molar-refractivity contribution < 1.29 is 0 Å². The van der Waals surface area contributed by atoms with Crippen molar-refractivity contribution >= 4 is 0 Å². The summed E-state index contributed by atoms with van der Waals surface area (Å²) in [6, 6.07) is 0. The van der Waals surface area contributed by atoms with Gasteiger partial charge in [0.2, 0.25) is 0 Å². The lowest BCUT2D eigenvalue weighted by Gasteiger charge is -2.36. The second-order valence-corrected chi connectivity index (χ2v) is 7.61. The molecule has 6 unspecified atom stereocenters. The molecule has 0 aromatic heterocycles. The Balaban J connectivity index is 4.62. The fraction of sp³-hybridized carbons (Fsp3) is 1.00. The second kappa shape index (κ2) is 9.03. The third-order valence-corrected chi connectivity index (χ3v) is 6.13. The van der Waals surface area contributed by atoms with Gasteiger partial charge in [0.25, 0.3) is 0 Å². The van der Waals surface area contributed by atoms with Crippen molar-refractivity contribution in [2.75, 3.05) is 0 Å². The van der Waals surface area contributed by atoms with E-state index in [9.17, 15) is 0 Å². The van der Waals surface area contributed by atoms with Gasteiger partial charge in [-0.2, -0.15) is 0 Å². The quantitative estimate of drug-likeness (QED) is 0.439. The molecule has 0 aliphatic carbocycles. The Morgan fingerprint density at radius 2 is 1.11 bits per heavy atom. The average Bonchev–Trinajstić information content (AvgIpc) is 2.37. The summed E-state index contributed by atoms with van der Waals surface area (Å²) < 4.78 is 0. The van der Waals surface area contributed by atoms with Gasteiger partial charge in [-0.25, -0.2) is 0 Å². The Bertz CT molecular complexity index is 218. The van der Waals surface area contributed by atoms with Gasteiger partial charge in [-0.3, -0.25) is 0 Å². The maximum atomic E-state index is 2.50. The van der Waals surface area contributed by atoms with Crippen LogP contribution in [-0.4, -0.2) is 0 Å². The predicted molar refractivity (Wildman–Crippen MR) is 89.3 cm³/mol. The first-order chi connectivity index (χ1) is 8.76. The molecule has 6 atom stereocenters. The van der Waals surface area contributed by atoms with Gasteiger partial charge in [0, 0.05) is 0 Å². The van der Waals surface area contributed by atoms with Crippen molar-refractivity contribution in [1.82, 2.24) is 0 Å². The SMILES string of the molecule is CCC(C)C(C)C(C)C(CC)C(C)CC(C)C(C)C. The lowest BCUT2D eigenvalue weighted by Crippen LogP contribution is -2.29. The molecular weight excluding hydrogens is 228 g/mol. The third-order valence-electron chi connectivity index (χ3n) is 6.13. The fourth-order valence-corrected chi connectivity index (χ4v) is 3.61. The molecule has 116 valence electrons. The van der Waals surface area contributed by atoms with Gasteiger partial charge in [0.15, 0.2) is 0 Å². The summed E-state index contributed by atoms with van der Waals surface area (Å²) in [6.07, 6.45) is 4.06. The fourth-order valence-electron chi connectivity index (χ4n) is 3.61. The molecule has 0 heterocycles. The first-order valence-corrected chi connectivity index (χ1v) is 8.76. The van der Waals surface area contributed by atoms with Crippen LogP contribution in [0.3, 0.4) is 0 Å². The van der Waals surface area contributed by atoms with Crippen LogP contribution in [0.2, 0.25) is 0 Å². The number of hydrogen-bond acceptors (Lipinski definition) is 0. The highest BCUT2D eigenvalue weighted by Crippen LogP contribution is 2.37. The molecule has 0 N–H and O–H groups in total. The molecule has 0 bridgehead atoms. The molecular formula is C19H40. The number of rotatable bonds is 9. The second-order valence-electron chi connectivity index (χ2n) is 7.61. The molecule has 0 aliphatic heterocycles. The van der Waals surface area contributed by atoms with E-state index in [0.717, 1.165) is 41.4 Å². The highest BCUT2D eigenvalue weighted by atomic mass is 14.3. The van der Waals surface area contributed by atoms with Gasteiger partial charge < -0.3 is 0 Å². The molecule has 0 saturated heterocycles. The van der Waals surface area contributed by atoms with E-state index in [0.29, 0.717) is 0 Å². The minimum absolute atomic E-state index is 0.822. The smallest absolute Gasteiger partial charge is 0.0363 e. The molecule has 0 heteroatoms. The maximum Gasteiger partial charge on any atom is -0.0363 e. The minimum Gasteiger partial charge on any atom is -0.0651 e. The van der Waals surface area contributed by atoms with Gasteiger partial charge in [-0.1, -0.05) is 75.2 Å². The van der Waals surface area contributed by atoms with Crippen LogP contribution < -0.4 is 0 Å². The third kappa shape index (κ3) is 5.88. The molecule has 0 radical (unpaired) electrons. The summed E-state index contributed by atoms with van der Waals surface area (Å²) in [6.45, 7) is 21.8. The normalized spacial score (nSPS) is 21.8. The van der Waals surface area contributed by atoms with Crippen LogP contribution in [0.15, 0.2) is 0 Å². The molecule has 0 spiro atoms. The van der Waals surface area contributed by atoms with Crippen LogP contribution in [0.5, 0.6) is 0 Å². The minimum atomic E-state index is 0.822. The Labute approximate surface area is 123 Å². The Morgan fingerprint density at radius 3 is 1.47 bits per heavy atom. The topological polar surface area (TPSA) is 0 Å². The van der Waals surface area contributed by atoms with E-state index < -0.39 is 0 Å². The summed E-state index contributed by atoms with van der Waals surface area (Å²) in [5.41, 5.74) is 0. The van der Waals surface area contributed by atoms with Crippen LogP contribution in [0.4, 0.5) is 0 Å². The van der Waals surface area contributed by atoms with E-state index in [1.165, 1.54) is 19.3 Å². The molecule has 19 heavy (non-hydrogen) atoms. The highest BCUT2D eigenvalue weighted by Gasteiger charge is 2.29. The summed E-state index contributed by atoms with van der Waals surface area (Å²) in [4.78, 5) is 0. The van der Waals surface area contributed by atoms with Crippen LogP contribution in [0.1, 0.15) is 81.6 Å². The van der Waals surface area contributed by atoms with Crippen LogP contribution >= 0.6 is 0 Å². The standard InChI is InChI=1S/C19H40/c1-10-14(5)17(8)18(9)19(11-2)16(7)12-15(6)13(3)4/h13-19H,10-12H2,1-9H3. The van der Waals surface area contributed by atoms with Crippen LogP contribution in [0.25, 0.3) is 0 Å². The monoisotopic (exact) mass is 268 g/mol. The van der Waals surface area contributed by atoms with E-state index >= 15 is 0 Å². The molecule has 0 amide bonds. The first-order valence-electron chi connectivity index (χ1n) is 8.76. The van der Waals surface area contributed by atoms with Gasteiger partial charge >= 0.3 is 0 Å². The van der Waals surface area contributed by atoms with Crippen molar-refractivity contribution in [3.63, 3.8) is 0 Å². The molecule has 0 aromatic carbocycles. The van der Waals surface area contributed by atoms with Gasteiger partial charge in [-0.05, 0) is 47.8 Å². The Hall–Kier alpha value is 0. The van der Waals surface area contributed by atoms with E-state index in [4.69, 9.17) is 0 Å². The van der Waals surface area contributed by atoms with Gasteiger partial charge in [0.1, 0.15) is 0 Å². The van der Waals surface area contributed by atoms with Crippen molar-refractivity contribution in [1.29, 1.82) is 0 Å². The summed E-state index contributed by atoms with van der Waals surface area (Å²) in [5, 5.41) is 0. The zero-order valence-corrected chi connectivity index (χ0v) is 15.2. The van der Waals surface area contributed by atoms with E-state index in [1.807, 2.05) is 0 Å². The van der Waals surface area contributed by atoms with E-state index in [1.54, 1.807) is 0 Å². The zero-order valence-electron chi connectivity index (χ0n) is 15.2. The molecule has 0 saturated carbocycles. The molecule has 0 aliphatic rings. The first kappa shape index (κ1) is 19.0. The summed E-state index contributed by atoms with van der Waals surface area (Å²) in [5.74, 6) is 6.01. The molecule has 0 fully saturated rings. The van der Waals surface area contributed by atoms with Gasteiger partial charge in [-0.15, -0.1) is 0 Å². The van der Waals surface area contributed by atoms with Gasteiger partial charge in [0.05, 0.1) is 0 Å². The van der Waals surface area contributed by atoms with Crippen molar-refractivity contribution in [2.24, 2.45) is 41.4 Å². The Kier molecular flexibility index (Phi) is 9.03. The number of hydrogen-bond donors (Lipinski definition) is 0. The van der Waals surface area contributed by atoms with Crippen LogP contribution in [0, 0.1) is 41.4 Å². The zero-order chi connectivity index (χ0) is 15.2. The van der Waals surface area contributed by atoms with Crippen molar-refractivity contribution in [3.05, 3.63) is 0 Å². The Morgan fingerprint density at radius 1 is 0.579 bits per heavy atom. The van der Waals surface area contributed by atoms with Crippen molar-refractivity contribution in [2.45, 2.75) is 81.6 Å². The largest absolute Gasteiger partial charge is 0.0651 e. The maximum absolute atomic E-state index is 2.50. The average molecular weight is 269 g/mol. The molecule has 0 aromatic rings. The lowest BCUT2D eigenvalue weighted by molar-refractivity contribution is 0.130. The van der Waals surface area contributed by atoms with E-state index in [-0.39, 0.29) is 0 Å². The van der Waals surface area contributed by atoms with E-state index in [2.05, 4.69) is 62.3 Å². The predicted octanol–water partition coefficient (Wildman–Crippen LogP) is 6.65. The summed E-state index contributed by atoms with van der Waals surface area (Å²) in [7, 11) is 0. The summed E-state index contributed by atoms with van der Waals surface area (Å²) >= 11 is 0. The highest BCUT2D eigenvalue weighted by molar-refractivity contribution is 4.78. The van der Waals surface area contributed by atoms with Crippen LogP contribution in [-0.2, 0) is 0 Å². The molecule has 0 nitrogen and oxygen atoms in total. The van der Waals surface area contributed by atoms with Crippen molar-refractivity contribution in [3.8, 4) is 0 Å². The molecule has 0 rings (SSSR count). The lowest BCUT2D eigenvalue weighted by atomic mass is 9.69.